The van der Waals surface area contributed by atoms with Crippen LogP contribution in [0.2, 0.25) is 0 Å². The van der Waals surface area contributed by atoms with Crippen molar-refractivity contribution in [2.75, 3.05) is 13.9 Å². The van der Waals surface area contributed by atoms with Crippen LogP contribution >= 0.6 is 11.3 Å². The van der Waals surface area contributed by atoms with Crippen LogP contribution in [0.1, 0.15) is 37.9 Å². The van der Waals surface area contributed by atoms with E-state index in [-0.39, 0.29) is 18.5 Å². The number of fused-ring (bicyclic) bond motifs is 2. The second-order valence-corrected chi connectivity index (χ2v) is 9.43. The van der Waals surface area contributed by atoms with Crippen LogP contribution in [-0.4, -0.2) is 30.5 Å². The summed E-state index contributed by atoms with van der Waals surface area (Å²) in [5, 5.41) is 0. The number of methoxy groups -OCH3 is 1. The monoisotopic (exact) mass is 492 g/mol. The van der Waals surface area contributed by atoms with Crippen LogP contribution in [0.25, 0.3) is 6.08 Å². The molecule has 0 spiro atoms. The summed E-state index contributed by atoms with van der Waals surface area (Å²) in [6.45, 7) is 5.52. The van der Waals surface area contributed by atoms with Gasteiger partial charge in [-0.25, -0.2) is 9.79 Å². The number of carbonyl (C=O) groups is 1. The molecule has 1 atom stereocenters. The average Bonchev–Trinajstić information content (AvgIpc) is 3.41. The Morgan fingerprint density at radius 1 is 1.17 bits per heavy atom. The number of hydrogen-bond acceptors (Lipinski definition) is 8. The second kappa shape index (κ2) is 9.07. The van der Waals surface area contributed by atoms with Gasteiger partial charge in [0.25, 0.3) is 5.56 Å². The topological polar surface area (TPSA) is 88.4 Å². The van der Waals surface area contributed by atoms with Crippen LogP contribution in [0.5, 0.6) is 17.2 Å². The number of rotatable bonds is 5. The van der Waals surface area contributed by atoms with Gasteiger partial charge in [-0.05, 0) is 62.2 Å². The lowest BCUT2D eigenvalue weighted by Crippen LogP contribution is -2.40. The van der Waals surface area contributed by atoms with Crippen molar-refractivity contribution >= 4 is 23.4 Å². The van der Waals surface area contributed by atoms with Crippen LogP contribution in [0, 0.1) is 0 Å². The Morgan fingerprint density at radius 3 is 2.63 bits per heavy atom. The molecule has 5 rings (SSSR count). The van der Waals surface area contributed by atoms with E-state index in [0.29, 0.717) is 37.9 Å². The Bertz CT molecular complexity index is 1510. The Kier molecular flexibility index (Phi) is 5.94. The maximum atomic E-state index is 13.7. The fraction of sp³-hybridized carbons (Fsp3) is 0.269. The summed E-state index contributed by atoms with van der Waals surface area (Å²) in [6, 6.07) is 12.1. The van der Waals surface area contributed by atoms with Gasteiger partial charge in [-0.2, -0.15) is 0 Å². The number of benzene rings is 2. The number of thiazole rings is 1. The van der Waals surface area contributed by atoms with Crippen molar-refractivity contribution in [3.05, 3.63) is 84.5 Å². The molecule has 8 nitrogen and oxygen atoms in total. The van der Waals surface area contributed by atoms with Crippen LogP contribution in [0.4, 0.5) is 0 Å². The van der Waals surface area contributed by atoms with Gasteiger partial charge in [-0.3, -0.25) is 9.36 Å². The summed E-state index contributed by atoms with van der Waals surface area (Å²) in [5.41, 5.74) is 2.18. The molecule has 9 heteroatoms. The third kappa shape index (κ3) is 4.23. The Balaban J connectivity index is 1.67. The van der Waals surface area contributed by atoms with Gasteiger partial charge in [0.15, 0.2) is 16.3 Å². The van der Waals surface area contributed by atoms with Crippen molar-refractivity contribution in [2.45, 2.75) is 32.9 Å². The first-order valence-electron chi connectivity index (χ1n) is 11.1. The fourth-order valence-electron chi connectivity index (χ4n) is 4.12. The first-order chi connectivity index (χ1) is 16.9. The minimum atomic E-state index is -0.678. The summed E-state index contributed by atoms with van der Waals surface area (Å²) in [6.07, 6.45) is 1.48. The third-order valence-electron chi connectivity index (χ3n) is 5.71. The van der Waals surface area contributed by atoms with Gasteiger partial charge in [-0.15, -0.1) is 0 Å². The number of aromatic nitrogens is 1. The van der Waals surface area contributed by atoms with Gasteiger partial charge < -0.3 is 18.9 Å². The van der Waals surface area contributed by atoms with E-state index >= 15 is 0 Å². The molecule has 0 radical (unpaired) electrons. The van der Waals surface area contributed by atoms with Crippen LogP contribution in [-0.2, 0) is 9.53 Å². The lowest BCUT2D eigenvalue weighted by Gasteiger charge is -2.25. The highest BCUT2D eigenvalue weighted by atomic mass is 32.1. The first kappa shape index (κ1) is 22.9. The van der Waals surface area contributed by atoms with Crippen molar-refractivity contribution in [3.63, 3.8) is 0 Å². The Morgan fingerprint density at radius 2 is 1.91 bits per heavy atom. The quantitative estimate of drug-likeness (QED) is 0.509. The van der Waals surface area contributed by atoms with Gasteiger partial charge in [0.1, 0.15) is 5.75 Å². The van der Waals surface area contributed by atoms with E-state index in [4.69, 9.17) is 18.9 Å². The zero-order chi connectivity index (χ0) is 24.7. The van der Waals surface area contributed by atoms with Crippen molar-refractivity contribution in [1.29, 1.82) is 0 Å². The largest absolute Gasteiger partial charge is 0.497 e. The van der Waals surface area contributed by atoms with E-state index in [0.717, 1.165) is 11.1 Å². The number of allylic oxidation sites excluding steroid dienone is 1. The molecule has 0 saturated heterocycles. The highest BCUT2D eigenvalue weighted by Crippen LogP contribution is 2.33. The van der Waals surface area contributed by atoms with Crippen molar-refractivity contribution < 1.29 is 23.7 Å². The molecule has 3 heterocycles. The molecule has 0 fully saturated rings. The molecule has 2 aliphatic rings. The zero-order valence-corrected chi connectivity index (χ0v) is 20.5. The normalized spacial score (nSPS) is 16.8. The van der Waals surface area contributed by atoms with E-state index in [1.165, 1.54) is 11.3 Å². The predicted molar refractivity (Wildman–Crippen MR) is 131 cm³/mol. The van der Waals surface area contributed by atoms with E-state index in [2.05, 4.69) is 4.99 Å². The van der Waals surface area contributed by atoms with E-state index < -0.39 is 12.0 Å². The molecule has 0 unspecified atom stereocenters. The molecule has 0 N–H and O–H groups in total. The number of carbonyl (C=O) groups excluding carboxylic acids is 1. The first-order valence-corrected chi connectivity index (χ1v) is 11.9. The van der Waals surface area contributed by atoms with Crippen molar-refractivity contribution in [1.82, 2.24) is 4.57 Å². The van der Waals surface area contributed by atoms with Gasteiger partial charge in [0.05, 0.1) is 35.1 Å². The molecular formula is C26H24N2O6S. The van der Waals surface area contributed by atoms with E-state index in [1.54, 1.807) is 50.7 Å². The zero-order valence-electron chi connectivity index (χ0n) is 19.7. The summed E-state index contributed by atoms with van der Waals surface area (Å²) in [4.78, 5) is 32.0. The molecule has 2 aromatic carbocycles. The van der Waals surface area contributed by atoms with Gasteiger partial charge in [0, 0.05) is 0 Å². The molecule has 180 valence electrons. The van der Waals surface area contributed by atoms with Crippen molar-refractivity contribution in [2.24, 2.45) is 4.99 Å². The SMILES string of the molecule is COc1ccc([C@H]2C(C(=O)OC(C)C)=C(C)N=c3s/c(=C\c4ccc5c(c4)OCO5)c(=O)n32)cc1. The molecule has 2 aliphatic heterocycles. The second-order valence-electron chi connectivity index (χ2n) is 8.42. The molecule has 0 amide bonds. The van der Waals surface area contributed by atoms with E-state index in [9.17, 15) is 9.59 Å². The summed E-state index contributed by atoms with van der Waals surface area (Å²) in [5.74, 6) is 1.49. The van der Waals surface area contributed by atoms with Crippen LogP contribution < -0.4 is 29.1 Å². The van der Waals surface area contributed by atoms with Gasteiger partial charge in [0.2, 0.25) is 6.79 Å². The Labute approximate surface area is 205 Å². The number of nitrogens with zero attached hydrogens (tertiary/aromatic N) is 2. The molecule has 3 aromatic rings. The molecule has 35 heavy (non-hydrogen) atoms. The summed E-state index contributed by atoms with van der Waals surface area (Å²) in [7, 11) is 1.59. The lowest BCUT2D eigenvalue weighted by molar-refractivity contribution is -0.143. The van der Waals surface area contributed by atoms with Crippen LogP contribution in [0.3, 0.4) is 0 Å². The lowest BCUT2D eigenvalue weighted by atomic mass is 9.96. The smallest absolute Gasteiger partial charge is 0.338 e. The standard InChI is InChI=1S/C26H24N2O6S/c1-14(2)34-25(30)22-15(3)27-26-28(23(22)17-6-8-18(31-4)9-7-17)24(29)21(35-26)12-16-5-10-19-20(11-16)33-13-32-19/h5-12,14,23H,13H2,1-4H3/b21-12-/t23-/m0/s1. The van der Waals surface area contributed by atoms with Crippen molar-refractivity contribution in [3.8, 4) is 17.2 Å². The predicted octanol–water partition coefficient (Wildman–Crippen LogP) is 2.92. The van der Waals surface area contributed by atoms with Crippen LogP contribution in [0.15, 0.2) is 63.5 Å². The Hall–Kier alpha value is -3.85. The molecule has 0 aliphatic carbocycles. The molecule has 0 bridgehead atoms. The minimum Gasteiger partial charge on any atom is -0.497 e. The maximum Gasteiger partial charge on any atom is 0.338 e. The summed E-state index contributed by atoms with van der Waals surface area (Å²) >= 11 is 1.27. The van der Waals surface area contributed by atoms with Gasteiger partial charge in [-0.1, -0.05) is 29.5 Å². The average molecular weight is 493 g/mol. The number of ether oxygens (including phenoxy) is 4. The van der Waals surface area contributed by atoms with E-state index in [1.807, 2.05) is 30.3 Å². The third-order valence-corrected chi connectivity index (χ3v) is 6.69. The molecule has 0 saturated carbocycles. The maximum absolute atomic E-state index is 13.7. The molecule has 1 aromatic heterocycles. The highest BCUT2D eigenvalue weighted by molar-refractivity contribution is 7.07. The fourth-order valence-corrected chi connectivity index (χ4v) is 5.16. The number of esters is 1. The minimum absolute atomic E-state index is 0.178. The highest BCUT2D eigenvalue weighted by Gasteiger charge is 2.33. The molecular weight excluding hydrogens is 468 g/mol. The van der Waals surface area contributed by atoms with Gasteiger partial charge >= 0.3 is 5.97 Å². The summed E-state index contributed by atoms with van der Waals surface area (Å²) < 4.78 is 23.7. The number of hydrogen-bond donors (Lipinski definition) is 0.